The lowest BCUT2D eigenvalue weighted by Gasteiger charge is -2.25. The Balaban J connectivity index is 1.55. The number of piperidine rings is 1. The maximum Gasteiger partial charge on any atom is 0.134 e. The fourth-order valence-electron chi connectivity index (χ4n) is 5.28. The van der Waals surface area contributed by atoms with Crippen molar-refractivity contribution in [3.05, 3.63) is 101 Å². The summed E-state index contributed by atoms with van der Waals surface area (Å²) in [6.45, 7) is 3.58. The molecule has 0 unspecified atom stereocenters. The predicted octanol–water partition coefficient (Wildman–Crippen LogP) is 6.90. The largest absolute Gasteiger partial charge is 0.508 e. The van der Waals surface area contributed by atoms with E-state index in [4.69, 9.17) is 4.42 Å². The Morgan fingerprint density at radius 1 is 0.806 bits per heavy atom. The van der Waals surface area contributed by atoms with Crippen LogP contribution in [0.3, 0.4) is 0 Å². The molecule has 3 aromatic carbocycles. The van der Waals surface area contributed by atoms with Gasteiger partial charge in [0.2, 0.25) is 0 Å². The summed E-state index contributed by atoms with van der Waals surface area (Å²) in [6, 6.07) is 26.4. The van der Waals surface area contributed by atoms with E-state index in [0.29, 0.717) is 6.42 Å². The number of aromatic hydroxyl groups is 1. The molecule has 1 aliphatic rings. The van der Waals surface area contributed by atoms with Crippen LogP contribution >= 0.6 is 0 Å². The summed E-state index contributed by atoms with van der Waals surface area (Å²) in [6.07, 6.45) is 6.31. The summed E-state index contributed by atoms with van der Waals surface area (Å²) in [5.74, 6) is 1.28. The van der Waals surface area contributed by atoms with Crippen molar-refractivity contribution in [1.82, 2.24) is 4.90 Å². The van der Waals surface area contributed by atoms with Crippen LogP contribution in [-0.2, 0) is 6.42 Å². The zero-order valence-corrected chi connectivity index (χ0v) is 20.8. The molecule has 2 N–H and O–H groups in total. The van der Waals surface area contributed by atoms with Crippen molar-refractivity contribution >= 4 is 22.1 Å². The monoisotopic (exact) mass is 481 g/mol. The summed E-state index contributed by atoms with van der Waals surface area (Å²) in [4.78, 5) is 2.54. The normalized spacial score (nSPS) is 15.2. The number of benzene rings is 3. The van der Waals surface area contributed by atoms with Crippen LogP contribution in [0.2, 0.25) is 0 Å². The molecule has 1 aliphatic heterocycles. The molecule has 0 amide bonds. The van der Waals surface area contributed by atoms with E-state index in [-0.39, 0.29) is 12.4 Å². The van der Waals surface area contributed by atoms with Crippen molar-refractivity contribution in [3.63, 3.8) is 0 Å². The average molecular weight is 482 g/mol. The lowest BCUT2D eigenvalue weighted by atomic mass is 9.87. The molecule has 0 radical (unpaired) electrons. The minimum absolute atomic E-state index is 0.139. The fourth-order valence-corrected chi connectivity index (χ4v) is 5.28. The number of fused-ring (bicyclic) bond motifs is 1. The number of phenols is 1. The van der Waals surface area contributed by atoms with E-state index in [9.17, 15) is 10.2 Å². The number of likely N-dealkylation sites (tertiary alicyclic amines) is 1. The van der Waals surface area contributed by atoms with Gasteiger partial charge < -0.3 is 19.5 Å². The van der Waals surface area contributed by atoms with E-state index in [2.05, 4.69) is 53.4 Å². The molecule has 0 aliphatic carbocycles. The lowest BCUT2D eigenvalue weighted by Crippen LogP contribution is -2.31. The van der Waals surface area contributed by atoms with Crippen molar-refractivity contribution in [3.8, 4) is 5.75 Å². The number of aliphatic hydroxyl groups is 1. The quantitative estimate of drug-likeness (QED) is 0.255. The summed E-state index contributed by atoms with van der Waals surface area (Å²) in [5, 5.41) is 20.7. The minimum Gasteiger partial charge on any atom is -0.508 e. The van der Waals surface area contributed by atoms with Crippen molar-refractivity contribution in [1.29, 1.82) is 0 Å². The third-order valence-electron chi connectivity index (χ3n) is 7.14. The molecule has 4 aromatic rings. The molecule has 4 heteroatoms. The van der Waals surface area contributed by atoms with E-state index >= 15 is 0 Å². The Kier molecular flexibility index (Phi) is 7.85. The van der Waals surface area contributed by atoms with E-state index in [1.54, 1.807) is 12.1 Å². The van der Waals surface area contributed by atoms with Crippen LogP contribution in [-0.4, -0.2) is 41.4 Å². The Hall–Kier alpha value is -3.34. The molecule has 4 nitrogen and oxygen atoms in total. The van der Waals surface area contributed by atoms with Gasteiger partial charge in [0.05, 0.1) is 0 Å². The van der Waals surface area contributed by atoms with Gasteiger partial charge in [-0.15, -0.1) is 0 Å². The van der Waals surface area contributed by atoms with Crippen molar-refractivity contribution < 1.29 is 14.6 Å². The van der Waals surface area contributed by atoms with Crippen molar-refractivity contribution in [2.24, 2.45) is 0 Å². The number of phenolic OH excluding ortho intramolecular Hbond substituents is 1. The van der Waals surface area contributed by atoms with E-state index in [1.165, 1.54) is 37.9 Å². The molecule has 0 bridgehead atoms. The van der Waals surface area contributed by atoms with Gasteiger partial charge in [0.15, 0.2) is 0 Å². The highest BCUT2D eigenvalue weighted by atomic mass is 16.3. The number of aliphatic hydroxyl groups excluding tert-OH is 1. The van der Waals surface area contributed by atoms with Crippen molar-refractivity contribution in [2.45, 2.75) is 38.5 Å². The Labute approximate surface area is 213 Å². The Morgan fingerprint density at radius 2 is 1.56 bits per heavy atom. The van der Waals surface area contributed by atoms with Gasteiger partial charge in [-0.1, -0.05) is 55.0 Å². The van der Waals surface area contributed by atoms with E-state index < -0.39 is 0 Å². The van der Waals surface area contributed by atoms with Gasteiger partial charge >= 0.3 is 0 Å². The van der Waals surface area contributed by atoms with Gasteiger partial charge in [-0.25, -0.2) is 0 Å². The van der Waals surface area contributed by atoms with Crippen LogP contribution in [0, 0.1) is 0 Å². The zero-order valence-electron chi connectivity index (χ0n) is 20.8. The number of hydrogen-bond donors (Lipinski definition) is 2. The van der Waals surface area contributed by atoms with Crippen LogP contribution in [0.25, 0.3) is 22.1 Å². The molecule has 36 heavy (non-hydrogen) atoms. The minimum atomic E-state index is 0.139. The van der Waals surface area contributed by atoms with E-state index in [0.717, 1.165) is 58.4 Å². The van der Waals surface area contributed by atoms with Crippen LogP contribution in [0.1, 0.15) is 54.6 Å². The second-order valence-electron chi connectivity index (χ2n) is 9.71. The first-order valence-electron chi connectivity index (χ1n) is 13.2. The molecule has 186 valence electrons. The highest BCUT2D eigenvalue weighted by molar-refractivity contribution is 6.00. The fraction of sp³-hybridized carbons (Fsp3) is 0.312. The maximum absolute atomic E-state index is 9.93. The summed E-state index contributed by atoms with van der Waals surface area (Å²) >= 11 is 0. The third-order valence-corrected chi connectivity index (χ3v) is 7.14. The first-order chi connectivity index (χ1) is 17.7. The van der Waals surface area contributed by atoms with Gasteiger partial charge in [0.1, 0.15) is 17.1 Å². The molecule has 0 atom stereocenters. The highest BCUT2D eigenvalue weighted by Gasteiger charge is 2.16. The Morgan fingerprint density at radius 3 is 2.31 bits per heavy atom. The molecule has 0 spiro atoms. The molecular weight excluding hydrogens is 446 g/mol. The topological polar surface area (TPSA) is 56.8 Å². The number of rotatable bonds is 9. The summed E-state index contributed by atoms with van der Waals surface area (Å²) in [5.41, 5.74) is 6.50. The second-order valence-corrected chi connectivity index (χ2v) is 9.71. The Bertz CT molecular complexity index is 1300. The van der Waals surface area contributed by atoms with Crippen molar-refractivity contribution in [2.75, 3.05) is 26.2 Å². The molecular formula is C32H35NO3. The van der Waals surface area contributed by atoms with Gasteiger partial charge in [-0.2, -0.15) is 0 Å². The maximum atomic E-state index is 9.93. The first-order valence-corrected chi connectivity index (χ1v) is 13.2. The average Bonchev–Trinajstić information content (AvgIpc) is 3.34. The smallest absolute Gasteiger partial charge is 0.134 e. The number of allylic oxidation sites excluding steroid dienone is 1. The molecule has 1 aromatic heterocycles. The molecule has 5 rings (SSSR count). The van der Waals surface area contributed by atoms with Crippen LogP contribution in [0.5, 0.6) is 5.75 Å². The zero-order chi connectivity index (χ0) is 24.7. The third kappa shape index (κ3) is 5.72. The van der Waals surface area contributed by atoms with Gasteiger partial charge in [-0.05, 0) is 96.9 Å². The SMILES string of the molecule is OCCCC(=C(c1ccc(O)cc1)c1ccc2oc(CCN3CCCCC3)cc2c1)c1ccccc1. The van der Waals surface area contributed by atoms with Gasteiger partial charge in [0.25, 0.3) is 0 Å². The van der Waals surface area contributed by atoms with Gasteiger partial charge in [-0.3, -0.25) is 0 Å². The summed E-state index contributed by atoms with van der Waals surface area (Å²) < 4.78 is 6.22. The second kappa shape index (κ2) is 11.6. The number of hydrogen-bond acceptors (Lipinski definition) is 4. The first kappa shape index (κ1) is 24.4. The number of furan rings is 1. The van der Waals surface area contributed by atoms with Gasteiger partial charge in [0, 0.05) is 25.0 Å². The summed E-state index contributed by atoms with van der Waals surface area (Å²) in [7, 11) is 0. The lowest BCUT2D eigenvalue weighted by molar-refractivity contribution is 0.227. The highest BCUT2D eigenvalue weighted by Crippen LogP contribution is 2.37. The molecule has 1 saturated heterocycles. The van der Waals surface area contributed by atoms with Crippen LogP contribution < -0.4 is 0 Å². The number of nitrogens with zero attached hydrogens (tertiary/aromatic N) is 1. The van der Waals surface area contributed by atoms with Crippen LogP contribution in [0.15, 0.2) is 83.3 Å². The van der Waals surface area contributed by atoms with Crippen LogP contribution in [0.4, 0.5) is 0 Å². The predicted molar refractivity (Wildman–Crippen MR) is 147 cm³/mol. The molecule has 2 heterocycles. The molecule has 0 saturated carbocycles. The molecule has 1 fully saturated rings. The standard InChI is InChI=1S/C32H35NO3/c34-21-7-10-30(24-8-3-1-4-9-24)32(25-11-14-28(35)15-12-25)26-13-16-31-27(22-26)23-29(36-31)17-20-33-18-5-2-6-19-33/h1,3-4,8-9,11-16,22-23,34-35H,2,5-7,10,17-21H2. The van der Waals surface area contributed by atoms with E-state index in [1.807, 2.05) is 18.2 Å².